The summed E-state index contributed by atoms with van der Waals surface area (Å²) in [5.74, 6) is 1.56. The van der Waals surface area contributed by atoms with Crippen molar-refractivity contribution in [2.24, 2.45) is 5.92 Å². The molecule has 1 aliphatic carbocycles. The minimum absolute atomic E-state index is 0.0167. The Morgan fingerprint density at radius 1 is 1.32 bits per heavy atom. The molecule has 1 unspecified atom stereocenters. The summed E-state index contributed by atoms with van der Waals surface area (Å²) in [7, 11) is 0. The third-order valence-corrected chi connectivity index (χ3v) is 3.11. The fourth-order valence-corrected chi connectivity index (χ4v) is 1.97. The lowest BCUT2D eigenvalue weighted by molar-refractivity contribution is 0.222. The predicted molar refractivity (Wildman–Crippen MR) is 75.0 cm³/mol. The summed E-state index contributed by atoms with van der Waals surface area (Å²) in [6, 6.07) is 0.674. The van der Waals surface area contributed by atoms with E-state index in [2.05, 4.69) is 27.2 Å². The van der Waals surface area contributed by atoms with Crippen molar-refractivity contribution >= 4 is 11.9 Å². The van der Waals surface area contributed by atoms with Crippen LogP contribution in [0, 0.1) is 5.92 Å². The number of nitrogen functional groups attached to an aromatic ring is 1. The Kier molecular flexibility index (Phi) is 4.39. The average Bonchev–Trinajstić information content (AvgIpc) is 3.10. The number of hydrogen-bond acceptors (Lipinski definition) is 6. The Labute approximate surface area is 114 Å². The molecular formula is C13H23N5O. The minimum atomic E-state index is 0.0167. The maximum absolute atomic E-state index is 5.68. The first-order valence-electron chi connectivity index (χ1n) is 7.01. The van der Waals surface area contributed by atoms with Gasteiger partial charge >= 0.3 is 6.01 Å². The number of anilines is 2. The SMILES string of the molecule is CCC(CC1CC1)Nc1nc(N)nc(OC(C)C)n1. The summed E-state index contributed by atoms with van der Waals surface area (Å²) in [5, 5.41) is 3.33. The number of aromatic nitrogens is 3. The molecule has 0 radical (unpaired) electrons. The maximum atomic E-state index is 5.68. The van der Waals surface area contributed by atoms with E-state index in [1.807, 2.05) is 13.8 Å². The molecule has 0 aromatic carbocycles. The standard InChI is InChI=1S/C13H23N5O/c1-4-10(7-9-5-6-9)15-12-16-11(14)17-13(18-12)19-8(2)3/h8-10H,4-7H2,1-3H3,(H3,14,15,16,17,18). The van der Waals surface area contributed by atoms with Crippen LogP contribution in [-0.2, 0) is 0 Å². The molecule has 106 valence electrons. The zero-order valence-electron chi connectivity index (χ0n) is 11.9. The first kappa shape index (κ1) is 13.8. The molecule has 19 heavy (non-hydrogen) atoms. The highest BCUT2D eigenvalue weighted by molar-refractivity contribution is 5.33. The number of nitrogens with zero attached hydrogens (tertiary/aromatic N) is 3. The van der Waals surface area contributed by atoms with Gasteiger partial charge in [0.25, 0.3) is 0 Å². The van der Waals surface area contributed by atoms with Gasteiger partial charge in [0.1, 0.15) is 0 Å². The summed E-state index contributed by atoms with van der Waals surface area (Å²) in [6.45, 7) is 6.01. The van der Waals surface area contributed by atoms with Crippen LogP contribution in [0.5, 0.6) is 6.01 Å². The van der Waals surface area contributed by atoms with Gasteiger partial charge in [-0.3, -0.25) is 0 Å². The molecule has 6 heteroatoms. The van der Waals surface area contributed by atoms with Gasteiger partial charge in [-0.1, -0.05) is 19.8 Å². The number of nitrogens with one attached hydrogen (secondary N) is 1. The lowest BCUT2D eigenvalue weighted by Crippen LogP contribution is -2.22. The van der Waals surface area contributed by atoms with Crippen molar-refractivity contribution in [3.63, 3.8) is 0 Å². The Morgan fingerprint density at radius 2 is 2.05 bits per heavy atom. The molecule has 1 atom stereocenters. The molecule has 1 aliphatic rings. The van der Waals surface area contributed by atoms with E-state index in [0.717, 1.165) is 12.3 Å². The van der Waals surface area contributed by atoms with Gasteiger partial charge < -0.3 is 15.8 Å². The van der Waals surface area contributed by atoms with E-state index in [4.69, 9.17) is 10.5 Å². The van der Waals surface area contributed by atoms with Crippen molar-refractivity contribution in [1.82, 2.24) is 15.0 Å². The second-order valence-electron chi connectivity index (χ2n) is 5.39. The number of rotatable bonds is 7. The summed E-state index contributed by atoms with van der Waals surface area (Å²) in [6.07, 6.45) is 4.92. The van der Waals surface area contributed by atoms with Crippen molar-refractivity contribution in [3.05, 3.63) is 0 Å². The van der Waals surface area contributed by atoms with Crippen LogP contribution in [0.2, 0.25) is 0 Å². The lowest BCUT2D eigenvalue weighted by atomic mass is 10.1. The van der Waals surface area contributed by atoms with Gasteiger partial charge in [-0.25, -0.2) is 0 Å². The van der Waals surface area contributed by atoms with Crippen molar-refractivity contribution in [1.29, 1.82) is 0 Å². The highest BCUT2D eigenvalue weighted by atomic mass is 16.5. The molecule has 1 saturated carbocycles. The summed E-state index contributed by atoms with van der Waals surface area (Å²) >= 11 is 0. The summed E-state index contributed by atoms with van der Waals surface area (Å²) in [5.41, 5.74) is 5.68. The Bertz CT molecular complexity index is 419. The van der Waals surface area contributed by atoms with Crippen LogP contribution >= 0.6 is 0 Å². The minimum Gasteiger partial charge on any atom is -0.461 e. The number of hydrogen-bond donors (Lipinski definition) is 2. The van der Waals surface area contributed by atoms with E-state index in [1.54, 1.807) is 0 Å². The van der Waals surface area contributed by atoms with Crippen LogP contribution in [0.25, 0.3) is 0 Å². The van der Waals surface area contributed by atoms with E-state index in [-0.39, 0.29) is 18.1 Å². The van der Waals surface area contributed by atoms with Crippen molar-refractivity contribution in [2.45, 2.75) is 58.6 Å². The number of nitrogens with two attached hydrogens (primary N) is 1. The maximum Gasteiger partial charge on any atom is 0.323 e. The largest absolute Gasteiger partial charge is 0.461 e. The van der Waals surface area contributed by atoms with Crippen LogP contribution in [0.3, 0.4) is 0 Å². The van der Waals surface area contributed by atoms with Crippen LogP contribution < -0.4 is 15.8 Å². The van der Waals surface area contributed by atoms with Crippen LogP contribution in [-0.4, -0.2) is 27.1 Å². The topological polar surface area (TPSA) is 86.0 Å². The third-order valence-electron chi connectivity index (χ3n) is 3.11. The van der Waals surface area contributed by atoms with Crippen LogP contribution in [0.1, 0.15) is 46.5 Å². The molecule has 0 bridgehead atoms. The Hall–Kier alpha value is -1.59. The van der Waals surface area contributed by atoms with Gasteiger partial charge in [-0.15, -0.1) is 0 Å². The van der Waals surface area contributed by atoms with Gasteiger partial charge in [-0.2, -0.15) is 15.0 Å². The fourth-order valence-electron chi connectivity index (χ4n) is 1.97. The van der Waals surface area contributed by atoms with E-state index in [0.29, 0.717) is 12.0 Å². The molecular weight excluding hydrogens is 242 g/mol. The van der Waals surface area contributed by atoms with Crippen LogP contribution in [0.4, 0.5) is 11.9 Å². The van der Waals surface area contributed by atoms with Gasteiger partial charge in [0, 0.05) is 6.04 Å². The molecule has 0 saturated heterocycles. The highest BCUT2D eigenvalue weighted by Crippen LogP contribution is 2.34. The van der Waals surface area contributed by atoms with E-state index in [1.165, 1.54) is 19.3 Å². The van der Waals surface area contributed by atoms with Crippen molar-refractivity contribution < 1.29 is 4.74 Å². The second-order valence-corrected chi connectivity index (χ2v) is 5.39. The predicted octanol–water partition coefficient (Wildman–Crippen LogP) is 2.23. The highest BCUT2D eigenvalue weighted by Gasteiger charge is 2.25. The first-order chi connectivity index (χ1) is 9.06. The monoisotopic (exact) mass is 265 g/mol. The molecule has 1 aromatic heterocycles. The lowest BCUT2D eigenvalue weighted by Gasteiger charge is -2.17. The third kappa shape index (κ3) is 4.54. The van der Waals surface area contributed by atoms with E-state index >= 15 is 0 Å². The smallest absolute Gasteiger partial charge is 0.323 e. The molecule has 1 heterocycles. The molecule has 6 nitrogen and oxygen atoms in total. The molecule has 0 aliphatic heterocycles. The fraction of sp³-hybridized carbons (Fsp3) is 0.769. The molecule has 1 fully saturated rings. The zero-order valence-corrected chi connectivity index (χ0v) is 11.9. The summed E-state index contributed by atoms with van der Waals surface area (Å²) in [4.78, 5) is 12.3. The quantitative estimate of drug-likeness (QED) is 0.786. The normalized spacial score (nSPS) is 16.4. The molecule has 2 rings (SSSR count). The number of ether oxygens (including phenoxy) is 1. The molecule has 1 aromatic rings. The average molecular weight is 265 g/mol. The Morgan fingerprint density at radius 3 is 2.63 bits per heavy atom. The molecule has 0 amide bonds. The van der Waals surface area contributed by atoms with Gasteiger partial charge in [-0.05, 0) is 32.6 Å². The van der Waals surface area contributed by atoms with Gasteiger partial charge in [0.15, 0.2) is 0 Å². The zero-order chi connectivity index (χ0) is 13.8. The van der Waals surface area contributed by atoms with Crippen LogP contribution in [0.15, 0.2) is 0 Å². The first-order valence-corrected chi connectivity index (χ1v) is 7.01. The summed E-state index contributed by atoms with van der Waals surface area (Å²) < 4.78 is 5.46. The van der Waals surface area contributed by atoms with Gasteiger partial charge in [0.2, 0.25) is 11.9 Å². The second kappa shape index (κ2) is 6.04. The van der Waals surface area contributed by atoms with Crippen molar-refractivity contribution in [2.75, 3.05) is 11.1 Å². The van der Waals surface area contributed by atoms with Gasteiger partial charge in [0.05, 0.1) is 6.10 Å². The molecule has 3 N–H and O–H groups in total. The van der Waals surface area contributed by atoms with E-state index in [9.17, 15) is 0 Å². The Balaban J connectivity index is 2.02. The van der Waals surface area contributed by atoms with E-state index < -0.39 is 0 Å². The van der Waals surface area contributed by atoms with Crippen molar-refractivity contribution in [3.8, 4) is 6.01 Å². The molecule has 0 spiro atoms.